The van der Waals surface area contributed by atoms with Gasteiger partial charge in [-0.15, -0.1) is 0 Å². The average molecular weight is 617 g/mol. The number of anilines is 1. The molecule has 5 nitrogen and oxygen atoms in total. The molecule has 2 aliphatic rings. The number of aromatic nitrogens is 2. The fourth-order valence-corrected chi connectivity index (χ4v) is 7.11. The molecule has 7 heteroatoms. The summed E-state index contributed by atoms with van der Waals surface area (Å²) >= 11 is 0. The smallest absolute Gasteiger partial charge is 0.237 e. The summed E-state index contributed by atoms with van der Waals surface area (Å²) in [6.07, 6.45) is 13.6. The van der Waals surface area contributed by atoms with Crippen LogP contribution in [-0.4, -0.2) is 21.5 Å². The number of benzene rings is 1. The van der Waals surface area contributed by atoms with E-state index in [0.717, 1.165) is 72.7 Å². The van der Waals surface area contributed by atoms with Crippen molar-refractivity contribution in [1.82, 2.24) is 14.9 Å². The molecule has 0 atom stereocenters. The molecule has 1 amide bonds. The summed E-state index contributed by atoms with van der Waals surface area (Å²) in [5.41, 5.74) is 3.96. The van der Waals surface area contributed by atoms with Crippen LogP contribution in [0.15, 0.2) is 67.2 Å². The minimum Gasteiger partial charge on any atom is -0.355 e. The monoisotopic (exact) mass is 616 g/mol. The van der Waals surface area contributed by atoms with E-state index in [-0.39, 0.29) is 23.7 Å². The molecule has 1 fully saturated rings. The SMILES string of the molecule is C=C(F)/C(F)=C(\C=CC)N/C(C)=c1/c(=C\C(=C)c2ccc3c(c2)N(C2CC(CC)C2)C(=O)C3(CCC)CCC)ncn1C(C)C. The fourth-order valence-electron chi connectivity index (χ4n) is 7.11. The lowest BCUT2D eigenvalue weighted by molar-refractivity contribution is -0.124. The maximum atomic E-state index is 14.6. The highest BCUT2D eigenvalue weighted by Crippen LogP contribution is 2.52. The van der Waals surface area contributed by atoms with Crippen molar-refractivity contribution in [2.75, 3.05) is 4.90 Å². The molecule has 2 heterocycles. The molecule has 0 radical (unpaired) electrons. The van der Waals surface area contributed by atoms with Crippen LogP contribution < -0.4 is 20.9 Å². The first-order valence-electron chi connectivity index (χ1n) is 16.5. The quantitative estimate of drug-likeness (QED) is 0.231. The summed E-state index contributed by atoms with van der Waals surface area (Å²) in [5, 5.41) is 4.44. The van der Waals surface area contributed by atoms with E-state index >= 15 is 0 Å². The molecule has 0 unspecified atom stereocenters. The van der Waals surface area contributed by atoms with Crippen molar-refractivity contribution in [3.05, 3.63) is 89.0 Å². The van der Waals surface area contributed by atoms with Gasteiger partial charge in [0.15, 0.2) is 11.7 Å². The van der Waals surface area contributed by atoms with Gasteiger partial charge in [0.1, 0.15) is 0 Å². The first-order chi connectivity index (χ1) is 21.4. The lowest BCUT2D eigenvalue weighted by Gasteiger charge is -2.42. The van der Waals surface area contributed by atoms with Crippen molar-refractivity contribution in [2.45, 2.75) is 111 Å². The second-order valence-electron chi connectivity index (χ2n) is 12.9. The van der Waals surface area contributed by atoms with Crippen LogP contribution in [0.25, 0.3) is 17.3 Å². The maximum absolute atomic E-state index is 14.6. The Morgan fingerprint density at radius 3 is 2.38 bits per heavy atom. The number of halogens is 2. The number of carbonyl (C=O) groups is 1. The molecule has 1 aliphatic heterocycles. The third kappa shape index (κ3) is 6.49. The van der Waals surface area contributed by atoms with E-state index in [2.05, 4.69) is 62.3 Å². The van der Waals surface area contributed by atoms with Crippen LogP contribution in [-0.2, 0) is 10.2 Å². The van der Waals surface area contributed by atoms with E-state index in [9.17, 15) is 13.6 Å². The number of allylic oxidation sites excluding steroid dienone is 5. The zero-order valence-corrected chi connectivity index (χ0v) is 28.1. The summed E-state index contributed by atoms with van der Waals surface area (Å²) in [6, 6.07) is 6.67. The van der Waals surface area contributed by atoms with E-state index in [0.29, 0.717) is 17.0 Å². The van der Waals surface area contributed by atoms with Gasteiger partial charge in [-0.2, -0.15) is 0 Å². The second kappa shape index (κ2) is 14.1. The average Bonchev–Trinajstić information content (AvgIpc) is 3.50. The lowest BCUT2D eigenvalue weighted by Crippen LogP contribution is -2.50. The Morgan fingerprint density at radius 2 is 1.82 bits per heavy atom. The Bertz CT molecular complexity index is 1630. The Labute approximate surface area is 267 Å². The number of hydrogen-bond acceptors (Lipinski definition) is 3. The number of rotatable bonds is 13. The fraction of sp³-hybridized carbons (Fsp3) is 0.474. The Balaban J connectivity index is 1.83. The molecule has 4 rings (SSSR count). The van der Waals surface area contributed by atoms with E-state index < -0.39 is 17.1 Å². The van der Waals surface area contributed by atoms with Gasteiger partial charge in [0, 0.05) is 23.5 Å². The molecule has 0 spiro atoms. The Morgan fingerprint density at radius 1 is 1.16 bits per heavy atom. The van der Waals surface area contributed by atoms with Gasteiger partial charge in [-0.1, -0.05) is 71.4 Å². The van der Waals surface area contributed by atoms with Crippen LogP contribution >= 0.6 is 0 Å². The van der Waals surface area contributed by atoms with Gasteiger partial charge in [-0.05, 0) is 94.2 Å². The standard InChI is InChI=1S/C38H50F2N4O/c1-10-14-32(35(40)26(8)39)42-27(9)36-33(41-23-43(36)24(5)6)19-25(7)29-15-16-31-34(22-29)44(30-20-28(13-4)21-30)37(45)38(31,17-11-2)18-12-3/h10,14-16,19,22-24,28,30,42H,7-8,11-13,17-18,20-21H2,1-6,9H3/b14-10?,33-19+,35-32-,36-27-. The predicted octanol–water partition coefficient (Wildman–Crippen LogP) is 8.29. The van der Waals surface area contributed by atoms with Crippen molar-refractivity contribution in [1.29, 1.82) is 0 Å². The van der Waals surface area contributed by atoms with Crippen LogP contribution in [0.4, 0.5) is 14.5 Å². The molecule has 1 saturated carbocycles. The molecule has 1 aromatic heterocycles. The van der Waals surface area contributed by atoms with E-state index in [1.54, 1.807) is 19.3 Å². The number of fused-ring (bicyclic) bond motifs is 1. The normalized spacial score (nSPS) is 20.8. The van der Waals surface area contributed by atoms with Gasteiger partial charge in [0.05, 0.1) is 28.1 Å². The topological polar surface area (TPSA) is 50.2 Å². The number of amides is 1. The zero-order chi connectivity index (χ0) is 33.1. The van der Waals surface area contributed by atoms with Gasteiger partial charge in [0.25, 0.3) is 0 Å². The van der Waals surface area contributed by atoms with Gasteiger partial charge in [-0.25, -0.2) is 13.8 Å². The van der Waals surface area contributed by atoms with Crippen LogP contribution in [0.3, 0.4) is 0 Å². The molecule has 0 saturated heterocycles. The maximum Gasteiger partial charge on any atom is 0.237 e. The number of carbonyl (C=O) groups excluding carboxylic acids is 1. The molecule has 1 aliphatic carbocycles. The first-order valence-corrected chi connectivity index (χ1v) is 16.5. The summed E-state index contributed by atoms with van der Waals surface area (Å²) in [4.78, 5) is 21.1. The molecule has 2 aromatic rings. The second-order valence-corrected chi connectivity index (χ2v) is 12.9. The third-order valence-electron chi connectivity index (χ3n) is 9.45. The van der Waals surface area contributed by atoms with E-state index in [1.165, 1.54) is 6.08 Å². The Kier molecular flexibility index (Phi) is 10.7. The molecular weight excluding hydrogens is 566 g/mol. The van der Waals surface area contributed by atoms with Gasteiger partial charge < -0.3 is 14.8 Å². The third-order valence-corrected chi connectivity index (χ3v) is 9.45. The zero-order valence-electron chi connectivity index (χ0n) is 28.1. The molecule has 1 N–H and O–H groups in total. The number of hydrogen-bond donors (Lipinski definition) is 1. The summed E-state index contributed by atoms with van der Waals surface area (Å²) in [5.74, 6) is -1.25. The molecule has 1 aromatic carbocycles. The van der Waals surface area contributed by atoms with Crippen molar-refractivity contribution < 1.29 is 13.6 Å². The lowest BCUT2D eigenvalue weighted by atomic mass is 9.73. The first kappa shape index (κ1) is 34.1. The van der Waals surface area contributed by atoms with Gasteiger partial charge in [-0.3, -0.25) is 4.79 Å². The molecule has 242 valence electrons. The number of imidazole rings is 1. The van der Waals surface area contributed by atoms with Crippen molar-refractivity contribution >= 4 is 28.9 Å². The van der Waals surface area contributed by atoms with E-state index in [1.807, 2.05) is 31.4 Å². The highest BCUT2D eigenvalue weighted by Gasteiger charge is 2.52. The highest BCUT2D eigenvalue weighted by molar-refractivity contribution is 6.09. The number of nitrogens with one attached hydrogen (secondary N) is 1. The highest BCUT2D eigenvalue weighted by atomic mass is 19.2. The van der Waals surface area contributed by atoms with Crippen molar-refractivity contribution in [2.24, 2.45) is 5.92 Å². The minimum atomic E-state index is -1.14. The van der Waals surface area contributed by atoms with Crippen LogP contribution in [0.1, 0.15) is 111 Å². The van der Waals surface area contributed by atoms with Crippen LogP contribution in [0.2, 0.25) is 0 Å². The molecular formula is C38H50F2N4O. The van der Waals surface area contributed by atoms with Crippen LogP contribution in [0, 0.1) is 5.92 Å². The van der Waals surface area contributed by atoms with Gasteiger partial charge >= 0.3 is 0 Å². The van der Waals surface area contributed by atoms with Crippen molar-refractivity contribution in [3.8, 4) is 0 Å². The van der Waals surface area contributed by atoms with Crippen LogP contribution in [0.5, 0.6) is 0 Å². The van der Waals surface area contributed by atoms with Gasteiger partial charge in [0.2, 0.25) is 5.91 Å². The minimum absolute atomic E-state index is 0.0175. The van der Waals surface area contributed by atoms with Crippen molar-refractivity contribution in [3.63, 3.8) is 0 Å². The Hall–Kier alpha value is -3.74. The van der Waals surface area contributed by atoms with E-state index in [4.69, 9.17) is 4.98 Å². The molecule has 45 heavy (non-hydrogen) atoms. The largest absolute Gasteiger partial charge is 0.355 e. The number of nitrogens with zero attached hydrogens (tertiary/aromatic N) is 3. The summed E-state index contributed by atoms with van der Waals surface area (Å²) in [6.45, 7) is 21.7. The molecule has 0 bridgehead atoms. The summed E-state index contributed by atoms with van der Waals surface area (Å²) < 4.78 is 30.3. The summed E-state index contributed by atoms with van der Waals surface area (Å²) in [7, 11) is 0. The predicted molar refractivity (Wildman–Crippen MR) is 183 cm³/mol.